The quantitative estimate of drug-likeness (QED) is 0.662. The van der Waals surface area contributed by atoms with Crippen molar-refractivity contribution < 1.29 is 19.1 Å². The van der Waals surface area contributed by atoms with Gasteiger partial charge >= 0.3 is 6.09 Å². The zero-order valence-corrected chi connectivity index (χ0v) is 14.6. The third-order valence-electron chi connectivity index (χ3n) is 4.20. The minimum Gasteiger partial charge on any atom is -0.444 e. The van der Waals surface area contributed by atoms with E-state index in [0.29, 0.717) is 24.0 Å². The predicted octanol–water partition coefficient (Wildman–Crippen LogP) is 2.89. The molecule has 1 heterocycles. The van der Waals surface area contributed by atoms with Crippen LogP contribution in [-0.4, -0.2) is 40.5 Å². The molecule has 3 rings (SSSR count). The number of carbonyl (C=O) groups excluding carboxylic acids is 3. The van der Waals surface area contributed by atoms with Gasteiger partial charge in [0, 0.05) is 0 Å². The second kappa shape index (κ2) is 6.35. The molecular formula is C19H22N2O4. The van der Waals surface area contributed by atoms with Crippen LogP contribution in [0.1, 0.15) is 54.3 Å². The number of benzene rings is 1. The molecule has 6 heteroatoms. The SMILES string of the molecule is CC(C)(C)OC(=O)N[C@@H]1C=C[C@H](N2C(=O)c3ccccc3C2=O)CC1. The van der Waals surface area contributed by atoms with Crippen molar-refractivity contribution in [3.8, 4) is 0 Å². The average Bonchev–Trinajstić information content (AvgIpc) is 2.79. The number of alkyl carbamates (subject to hydrolysis) is 1. The molecule has 2 aliphatic rings. The number of ether oxygens (including phenoxy) is 1. The number of amides is 3. The van der Waals surface area contributed by atoms with Crippen LogP contribution in [0.4, 0.5) is 4.79 Å². The Morgan fingerprint density at radius 2 is 1.68 bits per heavy atom. The van der Waals surface area contributed by atoms with Crippen molar-refractivity contribution in [1.29, 1.82) is 0 Å². The highest BCUT2D eigenvalue weighted by Gasteiger charge is 2.39. The number of nitrogens with one attached hydrogen (secondary N) is 1. The van der Waals surface area contributed by atoms with Gasteiger partial charge in [0.2, 0.25) is 0 Å². The lowest BCUT2D eigenvalue weighted by atomic mass is 9.97. The topological polar surface area (TPSA) is 75.7 Å². The lowest BCUT2D eigenvalue weighted by molar-refractivity contribution is 0.0496. The highest BCUT2D eigenvalue weighted by molar-refractivity contribution is 6.21. The van der Waals surface area contributed by atoms with E-state index in [1.54, 1.807) is 24.3 Å². The van der Waals surface area contributed by atoms with Gasteiger partial charge in [0.15, 0.2) is 0 Å². The van der Waals surface area contributed by atoms with Crippen molar-refractivity contribution in [2.45, 2.75) is 51.3 Å². The Morgan fingerprint density at radius 3 is 2.16 bits per heavy atom. The summed E-state index contributed by atoms with van der Waals surface area (Å²) in [5.74, 6) is -0.511. The maximum absolute atomic E-state index is 12.5. The fourth-order valence-corrected chi connectivity index (χ4v) is 3.11. The molecule has 2 atom stereocenters. The lowest BCUT2D eigenvalue weighted by Crippen LogP contribution is -2.44. The Labute approximate surface area is 146 Å². The van der Waals surface area contributed by atoms with E-state index in [-0.39, 0.29) is 23.9 Å². The van der Waals surface area contributed by atoms with Gasteiger partial charge in [-0.2, -0.15) is 0 Å². The van der Waals surface area contributed by atoms with Crippen LogP contribution in [0.2, 0.25) is 0 Å². The van der Waals surface area contributed by atoms with E-state index in [4.69, 9.17) is 4.74 Å². The Bertz CT molecular complexity index is 713. The number of carbonyl (C=O) groups is 3. The van der Waals surface area contributed by atoms with E-state index in [1.165, 1.54) is 4.90 Å². The first-order valence-electron chi connectivity index (χ1n) is 8.41. The standard InChI is InChI=1S/C19H22N2O4/c1-19(2,3)25-18(24)20-12-8-10-13(11-9-12)21-16(22)14-6-4-5-7-15(14)17(21)23/h4-8,10,12-13H,9,11H2,1-3H3,(H,20,24)/t12-,13+/m1/s1. The van der Waals surface area contributed by atoms with Crippen LogP contribution in [0.5, 0.6) is 0 Å². The van der Waals surface area contributed by atoms with Crippen molar-refractivity contribution in [1.82, 2.24) is 10.2 Å². The largest absolute Gasteiger partial charge is 0.444 e. The summed E-state index contributed by atoms with van der Waals surface area (Å²) in [4.78, 5) is 38.1. The zero-order valence-electron chi connectivity index (χ0n) is 14.6. The van der Waals surface area contributed by atoms with E-state index in [2.05, 4.69) is 5.32 Å². The van der Waals surface area contributed by atoms with Gasteiger partial charge in [0.25, 0.3) is 11.8 Å². The van der Waals surface area contributed by atoms with E-state index >= 15 is 0 Å². The maximum Gasteiger partial charge on any atom is 0.408 e. The second-order valence-electron chi connectivity index (χ2n) is 7.31. The van der Waals surface area contributed by atoms with Crippen LogP contribution >= 0.6 is 0 Å². The summed E-state index contributed by atoms with van der Waals surface area (Å²) < 4.78 is 5.24. The Hall–Kier alpha value is -2.63. The molecule has 0 bridgehead atoms. The first-order valence-corrected chi connectivity index (χ1v) is 8.41. The monoisotopic (exact) mass is 342 g/mol. The van der Waals surface area contributed by atoms with Gasteiger partial charge in [-0.15, -0.1) is 0 Å². The highest BCUT2D eigenvalue weighted by atomic mass is 16.6. The fraction of sp³-hybridized carbons (Fsp3) is 0.421. The molecular weight excluding hydrogens is 320 g/mol. The van der Waals surface area contributed by atoms with E-state index in [9.17, 15) is 14.4 Å². The number of rotatable bonds is 2. The van der Waals surface area contributed by atoms with Crippen molar-refractivity contribution in [2.75, 3.05) is 0 Å². The first kappa shape index (κ1) is 17.2. The van der Waals surface area contributed by atoms with Crippen LogP contribution in [0, 0.1) is 0 Å². The molecule has 0 spiro atoms. The third-order valence-corrected chi connectivity index (χ3v) is 4.20. The number of imide groups is 1. The van der Waals surface area contributed by atoms with Crippen LogP contribution < -0.4 is 5.32 Å². The molecule has 1 aliphatic heterocycles. The highest BCUT2D eigenvalue weighted by Crippen LogP contribution is 2.28. The molecule has 1 aliphatic carbocycles. The Kier molecular flexibility index (Phi) is 4.37. The summed E-state index contributed by atoms with van der Waals surface area (Å²) in [6.07, 6.45) is 4.40. The van der Waals surface area contributed by atoms with Crippen LogP contribution in [0.25, 0.3) is 0 Å². The van der Waals surface area contributed by atoms with Crippen LogP contribution in [0.15, 0.2) is 36.4 Å². The Balaban J connectivity index is 1.65. The number of nitrogens with zero attached hydrogens (tertiary/aromatic N) is 1. The molecule has 25 heavy (non-hydrogen) atoms. The van der Waals surface area contributed by atoms with Gasteiger partial charge in [-0.05, 0) is 45.7 Å². The summed E-state index contributed by atoms with van der Waals surface area (Å²) in [6, 6.07) is 6.41. The van der Waals surface area contributed by atoms with Gasteiger partial charge in [-0.1, -0.05) is 24.3 Å². The molecule has 0 fully saturated rings. The van der Waals surface area contributed by atoms with E-state index < -0.39 is 11.7 Å². The summed E-state index contributed by atoms with van der Waals surface area (Å²) in [5.41, 5.74) is 0.357. The molecule has 0 aromatic heterocycles. The minimum absolute atomic E-state index is 0.165. The average molecular weight is 342 g/mol. The predicted molar refractivity (Wildman–Crippen MR) is 92.3 cm³/mol. The molecule has 132 valence electrons. The van der Waals surface area contributed by atoms with Crippen LogP contribution in [0.3, 0.4) is 0 Å². The maximum atomic E-state index is 12.5. The molecule has 0 saturated heterocycles. The summed E-state index contributed by atoms with van der Waals surface area (Å²) in [6.45, 7) is 5.42. The molecule has 3 amide bonds. The number of hydrogen-bond donors (Lipinski definition) is 1. The van der Waals surface area contributed by atoms with Crippen molar-refractivity contribution in [3.63, 3.8) is 0 Å². The molecule has 6 nitrogen and oxygen atoms in total. The van der Waals surface area contributed by atoms with Gasteiger partial charge in [-0.3, -0.25) is 14.5 Å². The van der Waals surface area contributed by atoms with E-state index in [1.807, 2.05) is 32.9 Å². The lowest BCUT2D eigenvalue weighted by Gasteiger charge is -2.29. The first-order chi connectivity index (χ1) is 11.8. The fourth-order valence-electron chi connectivity index (χ4n) is 3.11. The normalized spacial score (nSPS) is 22.8. The second-order valence-corrected chi connectivity index (χ2v) is 7.31. The molecule has 1 N–H and O–H groups in total. The molecule has 0 unspecified atom stereocenters. The van der Waals surface area contributed by atoms with Gasteiger partial charge in [0.1, 0.15) is 5.60 Å². The minimum atomic E-state index is -0.550. The summed E-state index contributed by atoms with van der Waals surface area (Å²) in [5, 5.41) is 2.79. The van der Waals surface area contributed by atoms with Gasteiger partial charge < -0.3 is 10.1 Å². The Morgan fingerprint density at radius 1 is 1.08 bits per heavy atom. The third kappa shape index (κ3) is 3.57. The van der Waals surface area contributed by atoms with Crippen molar-refractivity contribution in [2.24, 2.45) is 0 Å². The zero-order chi connectivity index (χ0) is 18.2. The van der Waals surface area contributed by atoms with Crippen molar-refractivity contribution in [3.05, 3.63) is 47.5 Å². The van der Waals surface area contributed by atoms with Crippen molar-refractivity contribution >= 4 is 17.9 Å². The van der Waals surface area contributed by atoms with E-state index in [0.717, 1.165) is 0 Å². The smallest absolute Gasteiger partial charge is 0.408 e. The number of fused-ring (bicyclic) bond motifs is 1. The molecule has 1 aromatic rings. The van der Waals surface area contributed by atoms with Crippen LogP contribution in [-0.2, 0) is 4.74 Å². The summed E-state index contributed by atoms with van der Waals surface area (Å²) >= 11 is 0. The van der Waals surface area contributed by atoms with Gasteiger partial charge in [-0.25, -0.2) is 4.79 Å². The molecule has 1 aromatic carbocycles. The summed E-state index contributed by atoms with van der Waals surface area (Å²) in [7, 11) is 0. The molecule has 0 saturated carbocycles. The number of hydrogen-bond acceptors (Lipinski definition) is 4. The molecule has 0 radical (unpaired) electrons. The van der Waals surface area contributed by atoms with Gasteiger partial charge in [0.05, 0.1) is 23.2 Å².